The van der Waals surface area contributed by atoms with Crippen LogP contribution in [0.4, 0.5) is 29.3 Å². The van der Waals surface area contributed by atoms with Crippen LogP contribution in [0.5, 0.6) is 11.5 Å². The van der Waals surface area contributed by atoms with Gasteiger partial charge in [0.2, 0.25) is 11.7 Å². The number of nitro groups is 1. The molecule has 1 N–H and O–H groups in total. The second kappa shape index (κ2) is 11.2. The summed E-state index contributed by atoms with van der Waals surface area (Å²) in [6, 6.07) is 13.2. The predicted octanol–water partition coefficient (Wildman–Crippen LogP) is 6.70. The van der Waals surface area contributed by atoms with Gasteiger partial charge in [-0.25, -0.2) is 0 Å². The van der Waals surface area contributed by atoms with Crippen molar-refractivity contribution >= 4 is 46.3 Å². The first-order valence-electron chi connectivity index (χ1n) is 11.6. The summed E-state index contributed by atoms with van der Waals surface area (Å²) < 4.78 is 44.4. The first-order chi connectivity index (χ1) is 18.8. The van der Waals surface area contributed by atoms with Crippen molar-refractivity contribution in [2.24, 2.45) is 0 Å². The smallest absolute Gasteiger partial charge is 0.416 e. The molecule has 0 aromatic heterocycles. The molecule has 206 valence electrons. The molecule has 13 heteroatoms. The maximum atomic E-state index is 13.0. The van der Waals surface area contributed by atoms with E-state index >= 15 is 0 Å². The van der Waals surface area contributed by atoms with Crippen LogP contribution in [-0.4, -0.2) is 33.4 Å². The third kappa shape index (κ3) is 6.49. The van der Waals surface area contributed by atoms with Crippen LogP contribution in [0.25, 0.3) is 6.08 Å². The van der Waals surface area contributed by atoms with E-state index in [1.165, 1.54) is 24.3 Å². The molecule has 0 aliphatic carbocycles. The van der Waals surface area contributed by atoms with Crippen LogP contribution in [-0.2, 0) is 15.8 Å². The Balaban J connectivity index is 1.49. The molecule has 1 saturated heterocycles. The van der Waals surface area contributed by atoms with Crippen LogP contribution in [0.2, 0.25) is 0 Å². The normalized spacial score (nSPS) is 14.5. The van der Waals surface area contributed by atoms with Gasteiger partial charge in [0.1, 0.15) is 12.3 Å². The van der Waals surface area contributed by atoms with Crippen molar-refractivity contribution in [2.45, 2.75) is 20.0 Å². The Hall–Kier alpha value is -4.65. The Bertz CT molecular complexity index is 1570. The fourth-order valence-electron chi connectivity index (χ4n) is 3.79. The molecule has 0 bridgehead atoms. The quantitative estimate of drug-likeness (QED) is 0.190. The van der Waals surface area contributed by atoms with Crippen LogP contribution >= 0.6 is 11.8 Å². The number of thioether (sulfide) groups is 1. The number of carbonyl (C=O) groups is 3. The molecule has 3 amide bonds. The third-order valence-corrected chi connectivity index (χ3v) is 6.61. The number of ether oxygens (including phenoxy) is 1. The Morgan fingerprint density at radius 1 is 1.10 bits per heavy atom. The number of hydrogen-bond donors (Lipinski definition) is 1. The first-order valence-corrected chi connectivity index (χ1v) is 12.4. The zero-order valence-corrected chi connectivity index (χ0v) is 21.8. The summed E-state index contributed by atoms with van der Waals surface area (Å²) in [6.45, 7) is 3.24. The van der Waals surface area contributed by atoms with E-state index in [2.05, 4.69) is 5.32 Å². The minimum atomic E-state index is -4.77. The van der Waals surface area contributed by atoms with Crippen LogP contribution < -0.4 is 10.1 Å². The zero-order valence-electron chi connectivity index (χ0n) is 20.9. The van der Waals surface area contributed by atoms with Crippen molar-refractivity contribution in [3.05, 3.63) is 97.9 Å². The average molecular weight is 572 g/mol. The van der Waals surface area contributed by atoms with Gasteiger partial charge in [0, 0.05) is 11.8 Å². The second-order valence-electron chi connectivity index (χ2n) is 8.75. The van der Waals surface area contributed by atoms with Gasteiger partial charge < -0.3 is 10.1 Å². The van der Waals surface area contributed by atoms with E-state index in [4.69, 9.17) is 4.74 Å². The monoisotopic (exact) mass is 571 g/mol. The number of amides is 3. The van der Waals surface area contributed by atoms with E-state index in [0.29, 0.717) is 35.1 Å². The molecule has 0 atom stereocenters. The number of rotatable bonds is 7. The van der Waals surface area contributed by atoms with Crippen LogP contribution in [0.3, 0.4) is 0 Å². The number of anilines is 1. The highest BCUT2D eigenvalue weighted by molar-refractivity contribution is 8.18. The van der Waals surface area contributed by atoms with Gasteiger partial charge in [-0.1, -0.05) is 29.8 Å². The van der Waals surface area contributed by atoms with E-state index in [1.54, 1.807) is 12.1 Å². The van der Waals surface area contributed by atoms with Gasteiger partial charge in [0.15, 0.2) is 0 Å². The molecular formula is C27H20F3N3O6S. The highest BCUT2D eigenvalue weighted by atomic mass is 32.2. The summed E-state index contributed by atoms with van der Waals surface area (Å²) in [5.41, 5.74) is 0.699. The topological polar surface area (TPSA) is 119 Å². The van der Waals surface area contributed by atoms with Gasteiger partial charge in [-0.05, 0) is 73.1 Å². The van der Waals surface area contributed by atoms with Gasteiger partial charge in [0.05, 0.1) is 15.4 Å². The number of nitrogens with zero attached hydrogens (tertiary/aromatic N) is 2. The van der Waals surface area contributed by atoms with Gasteiger partial charge in [-0.2, -0.15) is 13.2 Å². The largest absolute Gasteiger partial charge is 0.450 e. The van der Waals surface area contributed by atoms with Crippen molar-refractivity contribution in [1.29, 1.82) is 0 Å². The number of hydrogen-bond acceptors (Lipinski definition) is 7. The molecule has 3 aromatic carbocycles. The number of benzene rings is 3. The molecule has 0 unspecified atom stereocenters. The number of alkyl halides is 3. The van der Waals surface area contributed by atoms with Crippen molar-refractivity contribution < 1.29 is 37.2 Å². The van der Waals surface area contributed by atoms with Crippen LogP contribution in [0, 0.1) is 24.0 Å². The SMILES string of the molecule is Cc1ccc(NC(=O)CN2C(=O)S/C(=C/c3cccc(Oc4ccc(C(F)(F)F)cc4[N+](=O)[O-])c3)C2=O)c(C)c1. The zero-order chi connectivity index (χ0) is 29.2. The van der Waals surface area contributed by atoms with E-state index in [1.807, 2.05) is 26.0 Å². The highest BCUT2D eigenvalue weighted by Crippen LogP contribution is 2.38. The maximum absolute atomic E-state index is 13.0. The number of carbonyl (C=O) groups excluding carboxylic acids is 3. The number of nitrogens with one attached hydrogen (secondary N) is 1. The minimum absolute atomic E-state index is 0.0296. The number of aryl methyl sites for hydroxylation is 2. The van der Waals surface area contributed by atoms with Crippen molar-refractivity contribution in [3.8, 4) is 11.5 Å². The summed E-state index contributed by atoms with van der Waals surface area (Å²) >= 11 is 0.632. The lowest BCUT2D eigenvalue weighted by molar-refractivity contribution is -0.385. The van der Waals surface area contributed by atoms with Crippen molar-refractivity contribution in [1.82, 2.24) is 4.90 Å². The van der Waals surface area contributed by atoms with Crippen LogP contribution in [0.15, 0.2) is 65.6 Å². The maximum Gasteiger partial charge on any atom is 0.416 e. The Labute approximate surface area is 229 Å². The lowest BCUT2D eigenvalue weighted by Gasteiger charge is -2.14. The molecule has 1 aliphatic heterocycles. The van der Waals surface area contributed by atoms with E-state index in [0.717, 1.165) is 22.1 Å². The number of halogens is 3. The standard InChI is InChI=1S/C27H20F3N3O6S/c1-15-6-8-20(16(2)10-15)31-24(34)14-32-25(35)23(40-26(32)36)12-17-4-3-5-19(11-17)39-22-9-7-18(27(28,29)30)13-21(22)33(37)38/h3-13H,14H2,1-2H3,(H,31,34)/b23-12+. The predicted molar refractivity (Wildman–Crippen MR) is 142 cm³/mol. The van der Waals surface area contributed by atoms with E-state index in [-0.39, 0.29) is 10.7 Å². The summed E-state index contributed by atoms with van der Waals surface area (Å²) in [6.07, 6.45) is -3.40. The van der Waals surface area contributed by atoms with Gasteiger partial charge in [-0.15, -0.1) is 0 Å². The number of nitro benzene ring substituents is 1. The molecule has 0 saturated carbocycles. The molecule has 9 nitrogen and oxygen atoms in total. The number of imide groups is 1. The lowest BCUT2D eigenvalue weighted by Crippen LogP contribution is -2.36. The summed E-state index contributed by atoms with van der Waals surface area (Å²) in [5.74, 6) is -1.60. The molecule has 0 radical (unpaired) electrons. The molecule has 4 rings (SSSR count). The lowest BCUT2D eigenvalue weighted by atomic mass is 10.1. The molecule has 1 fully saturated rings. The first kappa shape index (κ1) is 28.4. The van der Waals surface area contributed by atoms with Crippen LogP contribution in [0.1, 0.15) is 22.3 Å². The van der Waals surface area contributed by atoms with Crippen molar-refractivity contribution in [2.75, 3.05) is 11.9 Å². The Morgan fingerprint density at radius 2 is 1.85 bits per heavy atom. The fraction of sp³-hybridized carbons (Fsp3) is 0.148. The summed E-state index contributed by atoms with van der Waals surface area (Å²) in [7, 11) is 0. The molecule has 3 aromatic rings. The Morgan fingerprint density at radius 3 is 2.52 bits per heavy atom. The molecular weight excluding hydrogens is 551 g/mol. The summed E-state index contributed by atoms with van der Waals surface area (Å²) in [5, 5.41) is 13.4. The Kier molecular flexibility index (Phi) is 7.96. The minimum Gasteiger partial charge on any atom is -0.450 e. The van der Waals surface area contributed by atoms with Gasteiger partial charge in [-0.3, -0.25) is 29.4 Å². The highest BCUT2D eigenvalue weighted by Gasteiger charge is 2.36. The second-order valence-corrected chi connectivity index (χ2v) is 9.74. The molecule has 0 spiro atoms. The summed E-state index contributed by atoms with van der Waals surface area (Å²) in [4.78, 5) is 49.0. The van der Waals surface area contributed by atoms with Crippen molar-refractivity contribution in [3.63, 3.8) is 0 Å². The van der Waals surface area contributed by atoms with Gasteiger partial charge in [0.25, 0.3) is 11.1 Å². The fourth-order valence-corrected chi connectivity index (χ4v) is 4.63. The van der Waals surface area contributed by atoms with E-state index in [9.17, 15) is 37.7 Å². The third-order valence-electron chi connectivity index (χ3n) is 5.70. The van der Waals surface area contributed by atoms with Gasteiger partial charge >= 0.3 is 11.9 Å². The average Bonchev–Trinajstić information content (AvgIpc) is 3.12. The molecule has 1 heterocycles. The molecule has 40 heavy (non-hydrogen) atoms. The molecule has 1 aliphatic rings. The van der Waals surface area contributed by atoms with E-state index < -0.39 is 51.7 Å².